The Morgan fingerprint density at radius 1 is 0.481 bits per heavy atom. The zero-order valence-corrected chi connectivity index (χ0v) is 29.7. The number of nitrogens with zero attached hydrogens (tertiary/aromatic N) is 4. The molecule has 2 N–H and O–H groups in total. The van der Waals surface area contributed by atoms with Crippen molar-refractivity contribution in [2.75, 3.05) is 10.6 Å². The smallest absolute Gasteiger partial charge is 0.285 e. The van der Waals surface area contributed by atoms with Gasteiger partial charge in [0.2, 0.25) is 0 Å². The van der Waals surface area contributed by atoms with Gasteiger partial charge in [-0.05, 0) is 48.5 Å². The molecule has 54 heavy (non-hydrogen) atoms. The summed E-state index contributed by atoms with van der Waals surface area (Å²) in [5.74, 6) is -1.27. The Bertz CT molecular complexity index is 2210. The maximum absolute atomic E-state index is 13.6. The minimum atomic E-state index is -0.837. The minimum Gasteiger partial charge on any atom is -0.340 e. The van der Waals surface area contributed by atoms with Crippen molar-refractivity contribution < 1.29 is 19.4 Å². The van der Waals surface area contributed by atoms with Crippen molar-refractivity contribution in [1.82, 2.24) is 0 Å². The summed E-state index contributed by atoms with van der Waals surface area (Å²) in [4.78, 5) is 59.4. The Morgan fingerprint density at radius 3 is 1.15 bits per heavy atom. The molecular formula is C40H28N6O6S2. The number of amidine groups is 2. The number of nitro benzene ring substituents is 2. The van der Waals surface area contributed by atoms with Gasteiger partial charge in [0.05, 0.1) is 9.85 Å². The molecule has 0 atom stereocenters. The molecule has 0 aromatic heterocycles. The molecule has 0 saturated carbocycles. The predicted molar refractivity (Wildman–Crippen MR) is 213 cm³/mol. The number of aliphatic imine (C=N–C) groups is 2. The third-order valence-electron chi connectivity index (χ3n) is 7.62. The van der Waals surface area contributed by atoms with Gasteiger partial charge < -0.3 is 10.6 Å². The molecule has 0 aliphatic heterocycles. The lowest BCUT2D eigenvalue weighted by Gasteiger charge is -2.11. The molecule has 0 unspecified atom stereocenters. The third kappa shape index (κ3) is 9.50. The number of rotatable bonds is 11. The summed E-state index contributed by atoms with van der Waals surface area (Å²) in [6.45, 7) is 0. The molecule has 6 aromatic carbocycles. The fourth-order valence-electron chi connectivity index (χ4n) is 5.05. The summed E-state index contributed by atoms with van der Waals surface area (Å²) < 4.78 is 0. The van der Waals surface area contributed by atoms with Crippen LogP contribution in [0.5, 0.6) is 0 Å². The van der Waals surface area contributed by atoms with Gasteiger partial charge in [-0.2, -0.15) is 9.98 Å². The number of para-hydroxylation sites is 2. The van der Waals surface area contributed by atoms with Crippen LogP contribution in [0.25, 0.3) is 0 Å². The van der Waals surface area contributed by atoms with Crippen molar-refractivity contribution in [3.63, 3.8) is 0 Å². The standard InChI is InChI=1S/C40H28N6O6S2/c47-39(43-37(27-13-5-1-6-14-27)41-29-17-9-3-10-18-29)33-25-31(21-23-35(33)45(49)50)53-54-32-22-24-36(46(51)52)34(26-32)40(48)44-38(28-15-7-2-8-16-28)42-30-19-11-4-12-20-30/h1-26H,(H,41,43,47)(H,42,44,48). The molecule has 0 heterocycles. The third-order valence-corrected chi connectivity index (χ3v) is 10.00. The lowest BCUT2D eigenvalue weighted by Crippen LogP contribution is -2.16. The highest BCUT2D eigenvalue weighted by molar-refractivity contribution is 8.76. The van der Waals surface area contributed by atoms with Gasteiger partial charge in [-0.1, -0.05) is 119 Å². The second kappa shape index (κ2) is 17.5. The highest BCUT2D eigenvalue weighted by Crippen LogP contribution is 2.40. The molecule has 0 aliphatic rings. The number of carbonyl (C=O) groups excluding carboxylic acids is 2. The molecule has 12 nitrogen and oxygen atoms in total. The molecule has 0 radical (unpaired) electrons. The van der Waals surface area contributed by atoms with E-state index >= 15 is 0 Å². The van der Waals surface area contributed by atoms with E-state index in [4.69, 9.17) is 0 Å². The SMILES string of the molecule is O=C(N=C(Nc1ccccc1)c1ccccc1)c1cc(SSc2ccc([N+](=O)[O-])c(C(=O)N=C(Nc3ccccc3)c3ccccc3)c2)ccc1[N+](=O)[O-]. The molecular weight excluding hydrogens is 725 g/mol. The quantitative estimate of drug-likeness (QED) is 0.0427. The maximum atomic E-state index is 13.6. The molecule has 14 heteroatoms. The molecule has 0 fully saturated rings. The summed E-state index contributed by atoms with van der Waals surface area (Å²) in [6, 6.07) is 44.1. The largest absolute Gasteiger partial charge is 0.340 e. The Morgan fingerprint density at radius 2 is 0.815 bits per heavy atom. The average Bonchev–Trinajstić information content (AvgIpc) is 3.20. The highest BCUT2D eigenvalue weighted by Gasteiger charge is 2.24. The van der Waals surface area contributed by atoms with Crippen LogP contribution < -0.4 is 10.6 Å². The zero-order chi connectivity index (χ0) is 37.9. The topological polar surface area (TPSA) is 169 Å². The summed E-state index contributed by atoms with van der Waals surface area (Å²) in [5.41, 5.74) is 1.20. The first-order chi connectivity index (χ1) is 26.2. The zero-order valence-electron chi connectivity index (χ0n) is 28.1. The van der Waals surface area contributed by atoms with E-state index < -0.39 is 33.0 Å². The minimum absolute atomic E-state index is 0.202. The lowest BCUT2D eigenvalue weighted by atomic mass is 10.1. The van der Waals surface area contributed by atoms with E-state index in [1.807, 2.05) is 48.5 Å². The van der Waals surface area contributed by atoms with Crippen molar-refractivity contribution in [2.24, 2.45) is 9.98 Å². The van der Waals surface area contributed by atoms with Gasteiger partial charge in [0.25, 0.3) is 23.2 Å². The second-order valence-corrected chi connectivity index (χ2v) is 13.6. The van der Waals surface area contributed by atoms with E-state index in [1.54, 1.807) is 72.8 Å². The van der Waals surface area contributed by atoms with Gasteiger partial charge in [-0.3, -0.25) is 29.8 Å². The molecule has 6 aromatic rings. The van der Waals surface area contributed by atoms with Crippen LogP contribution in [0.2, 0.25) is 0 Å². The fourth-order valence-corrected chi connectivity index (χ4v) is 7.02. The number of nitrogens with one attached hydrogen (secondary N) is 2. The first kappa shape index (κ1) is 36.9. The van der Waals surface area contributed by atoms with Gasteiger partial charge >= 0.3 is 0 Å². The fraction of sp³-hybridized carbons (Fsp3) is 0. The predicted octanol–water partition coefficient (Wildman–Crippen LogP) is 9.70. The number of anilines is 2. The van der Waals surface area contributed by atoms with Gasteiger partial charge in [0.15, 0.2) is 0 Å². The number of nitro groups is 2. The van der Waals surface area contributed by atoms with Crippen LogP contribution in [0, 0.1) is 20.2 Å². The van der Waals surface area contributed by atoms with E-state index in [2.05, 4.69) is 20.6 Å². The van der Waals surface area contributed by atoms with E-state index in [9.17, 15) is 29.8 Å². The second-order valence-electron chi connectivity index (χ2n) is 11.3. The van der Waals surface area contributed by atoms with E-state index in [0.717, 1.165) is 21.6 Å². The van der Waals surface area contributed by atoms with Crippen LogP contribution in [0.4, 0.5) is 22.7 Å². The summed E-state index contributed by atoms with van der Waals surface area (Å²) in [7, 11) is 2.28. The van der Waals surface area contributed by atoms with Gasteiger partial charge in [-0.15, -0.1) is 0 Å². The van der Waals surface area contributed by atoms with E-state index in [-0.39, 0.29) is 22.8 Å². The van der Waals surface area contributed by atoms with Crippen LogP contribution in [0.15, 0.2) is 178 Å². The van der Waals surface area contributed by atoms with Crippen molar-refractivity contribution in [1.29, 1.82) is 0 Å². The van der Waals surface area contributed by atoms with E-state index in [0.29, 0.717) is 32.3 Å². The lowest BCUT2D eigenvalue weighted by molar-refractivity contribution is -0.385. The Hall–Kier alpha value is -6.90. The number of benzene rings is 6. The summed E-state index contributed by atoms with van der Waals surface area (Å²) in [6.07, 6.45) is 0. The van der Waals surface area contributed by atoms with Gasteiger partial charge in [0.1, 0.15) is 22.8 Å². The van der Waals surface area contributed by atoms with Crippen LogP contribution in [0.1, 0.15) is 31.8 Å². The van der Waals surface area contributed by atoms with Crippen LogP contribution >= 0.6 is 21.6 Å². The molecule has 0 spiro atoms. The van der Waals surface area contributed by atoms with Crippen molar-refractivity contribution >= 4 is 67.8 Å². The molecule has 0 saturated heterocycles. The van der Waals surface area contributed by atoms with Crippen LogP contribution in [0.3, 0.4) is 0 Å². The number of amides is 2. The molecule has 6 rings (SSSR count). The normalized spacial score (nSPS) is 11.4. The van der Waals surface area contributed by atoms with E-state index in [1.165, 1.54) is 36.4 Å². The molecule has 2 amide bonds. The van der Waals surface area contributed by atoms with Crippen LogP contribution in [-0.2, 0) is 0 Å². The van der Waals surface area contributed by atoms with Crippen molar-refractivity contribution in [3.05, 3.63) is 200 Å². The van der Waals surface area contributed by atoms with Gasteiger partial charge in [-0.25, -0.2) is 0 Å². The number of hydrogen-bond acceptors (Lipinski definition) is 8. The Labute approximate surface area is 316 Å². The molecule has 0 aliphatic carbocycles. The summed E-state index contributed by atoms with van der Waals surface area (Å²) >= 11 is 0. The van der Waals surface area contributed by atoms with Crippen molar-refractivity contribution in [3.8, 4) is 0 Å². The molecule has 266 valence electrons. The number of carbonyl (C=O) groups is 2. The highest BCUT2D eigenvalue weighted by atomic mass is 33.1. The maximum Gasteiger partial charge on any atom is 0.285 e. The van der Waals surface area contributed by atoms with Crippen molar-refractivity contribution in [2.45, 2.75) is 9.79 Å². The Kier molecular flexibility index (Phi) is 12.0. The average molecular weight is 753 g/mol. The first-order valence-electron chi connectivity index (χ1n) is 16.2. The molecule has 0 bridgehead atoms. The Balaban J connectivity index is 1.28. The first-order valence-corrected chi connectivity index (χ1v) is 18.3. The van der Waals surface area contributed by atoms with Crippen LogP contribution in [-0.4, -0.2) is 33.3 Å². The monoisotopic (exact) mass is 752 g/mol. The number of hydrogen-bond donors (Lipinski definition) is 2. The summed E-state index contributed by atoms with van der Waals surface area (Å²) in [5, 5.41) is 30.2. The van der Waals surface area contributed by atoms with Gasteiger partial charge in [0, 0.05) is 44.4 Å².